The van der Waals surface area contributed by atoms with Gasteiger partial charge in [-0.2, -0.15) is 0 Å². The van der Waals surface area contributed by atoms with Crippen LogP contribution in [0.2, 0.25) is 0 Å². The van der Waals surface area contributed by atoms with Crippen LogP contribution in [0.1, 0.15) is 6.92 Å². The van der Waals surface area contributed by atoms with Crippen LogP contribution in [0.15, 0.2) is 91.0 Å². The van der Waals surface area contributed by atoms with Crippen LogP contribution in [-0.4, -0.2) is 5.52 Å². The summed E-state index contributed by atoms with van der Waals surface area (Å²) in [6, 6.07) is 30.5. The van der Waals surface area contributed by atoms with Crippen LogP contribution in [-0.2, 0) is 4.79 Å². The predicted molar refractivity (Wildman–Crippen MR) is 106 cm³/mol. The fourth-order valence-corrected chi connectivity index (χ4v) is 6.79. The summed E-state index contributed by atoms with van der Waals surface area (Å²) in [4.78, 5) is 12.9. The zero-order chi connectivity index (χ0) is 15.4. The van der Waals surface area contributed by atoms with E-state index in [1.165, 1.54) is 0 Å². The molecule has 0 aromatic heterocycles. The third-order valence-corrected chi connectivity index (χ3v) is 8.07. The molecule has 0 saturated heterocycles. The van der Waals surface area contributed by atoms with Crippen molar-refractivity contribution < 1.29 is 4.79 Å². The minimum atomic E-state index is -2.26. The van der Waals surface area contributed by atoms with Gasteiger partial charge in [0, 0.05) is 6.92 Å². The van der Waals surface area contributed by atoms with Crippen LogP contribution >= 0.6 is 24.2 Å². The molecule has 0 unspecified atom stereocenters. The van der Waals surface area contributed by atoms with Gasteiger partial charge in [0.05, 0.1) is 0 Å². The van der Waals surface area contributed by atoms with E-state index in [0.717, 1.165) is 15.9 Å². The average molecular weight is 386 g/mol. The normalized spacial score (nSPS) is 10.7. The maximum Gasteiger partial charge on any atom is 0.280 e. The van der Waals surface area contributed by atoms with Gasteiger partial charge in [-0.05, 0) is 36.4 Å². The van der Waals surface area contributed by atoms with E-state index in [0.29, 0.717) is 0 Å². The lowest BCUT2D eigenvalue weighted by Crippen LogP contribution is -2.35. The first-order valence-corrected chi connectivity index (χ1v) is 9.12. The standard InChI is InChI=1S/C20H18OP.BrH/c1-17(21)22(18-11-5-2-6-12-18,19-13-7-3-8-14-19)20-15-9-4-10-16-20;/h2-16H,1H3;1H/q+1;. The molecule has 1 nitrogen and oxygen atoms in total. The topological polar surface area (TPSA) is 17.1 Å². The van der Waals surface area contributed by atoms with Crippen molar-refractivity contribution in [2.75, 3.05) is 0 Å². The Hall–Kier alpha value is -1.76. The molecule has 0 heterocycles. The van der Waals surface area contributed by atoms with Crippen LogP contribution in [0.3, 0.4) is 0 Å². The Balaban J connectivity index is 0.00000192. The number of rotatable bonds is 4. The molecule has 0 radical (unpaired) electrons. The fourth-order valence-electron chi connectivity index (χ4n) is 2.95. The lowest BCUT2D eigenvalue weighted by Gasteiger charge is -2.23. The summed E-state index contributed by atoms with van der Waals surface area (Å²) in [7, 11) is -2.26. The highest BCUT2D eigenvalue weighted by molar-refractivity contribution is 8.93. The maximum absolute atomic E-state index is 12.9. The van der Waals surface area contributed by atoms with E-state index < -0.39 is 7.26 Å². The minimum absolute atomic E-state index is 0. The number of carbonyl (C=O) groups excluding carboxylic acids is 1. The molecule has 3 rings (SSSR count). The van der Waals surface area contributed by atoms with Gasteiger partial charge in [-0.15, -0.1) is 17.0 Å². The number of carbonyl (C=O) groups is 1. The largest absolute Gasteiger partial charge is 0.280 e. The summed E-state index contributed by atoms with van der Waals surface area (Å²) in [6.07, 6.45) is 0. The van der Waals surface area contributed by atoms with Gasteiger partial charge in [0.1, 0.15) is 15.9 Å². The molecule has 116 valence electrons. The quantitative estimate of drug-likeness (QED) is 0.617. The van der Waals surface area contributed by atoms with Crippen molar-refractivity contribution in [1.29, 1.82) is 0 Å². The molecular formula is C20H19BrOP+. The van der Waals surface area contributed by atoms with Crippen molar-refractivity contribution in [2.45, 2.75) is 6.92 Å². The van der Waals surface area contributed by atoms with Gasteiger partial charge in [-0.1, -0.05) is 54.6 Å². The van der Waals surface area contributed by atoms with Crippen LogP contribution < -0.4 is 15.9 Å². The summed E-state index contributed by atoms with van der Waals surface area (Å²) < 4.78 is 0. The first-order chi connectivity index (χ1) is 10.8. The Bertz CT molecular complexity index is 661. The van der Waals surface area contributed by atoms with Gasteiger partial charge < -0.3 is 0 Å². The molecule has 3 aromatic carbocycles. The third-order valence-electron chi connectivity index (χ3n) is 3.90. The van der Waals surface area contributed by atoms with E-state index in [1.54, 1.807) is 6.92 Å². The van der Waals surface area contributed by atoms with E-state index >= 15 is 0 Å². The number of hydrogen-bond donors (Lipinski definition) is 0. The third kappa shape index (κ3) is 3.15. The monoisotopic (exact) mass is 385 g/mol. The second-order valence-corrected chi connectivity index (χ2v) is 8.72. The van der Waals surface area contributed by atoms with Crippen LogP contribution in [0.4, 0.5) is 0 Å². The van der Waals surface area contributed by atoms with Gasteiger partial charge in [0.2, 0.25) is 0 Å². The molecule has 0 saturated carbocycles. The average Bonchev–Trinajstić information content (AvgIpc) is 2.58. The molecule has 0 atom stereocenters. The highest BCUT2D eigenvalue weighted by Gasteiger charge is 2.50. The van der Waals surface area contributed by atoms with Crippen LogP contribution in [0.5, 0.6) is 0 Å². The minimum Gasteiger partial charge on any atom is -0.252 e. The Kier molecular flexibility index (Phi) is 5.87. The first kappa shape index (κ1) is 17.6. The molecule has 23 heavy (non-hydrogen) atoms. The summed E-state index contributed by atoms with van der Waals surface area (Å²) in [5.74, 6) is 0. The number of hydrogen-bond acceptors (Lipinski definition) is 1. The lowest BCUT2D eigenvalue weighted by molar-refractivity contribution is -0.109. The molecule has 0 aliphatic rings. The van der Waals surface area contributed by atoms with E-state index in [2.05, 4.69) is 36.4 Å². The van der Waals surface area contributed by atoms with E-state index in [4.69, 9.17) is 0 Å². The Labute approximate surface area is 148 Å². The van der Waals surface area contributed by atoms with E-state index in [1.807, 2.05) is 54.6 Å². The molecule has 0 N–H and O–H groups in total. The SMILES string of the molecule is Br.CC(=O)[P+](c1ccccc1)(c1ccccc1)c1ccccc1. The molecule has 0 aliphatic heterocycles. The predicted octanol–water partition coefficient (Wildman–Crippen LogP) is 4.10. The Morgan fingerprint density at radius 3 is 1.09 bits per heavy atom. The van der Waals surface area contributed by atoms with Crippen LogP contribution in [0, 0.1) is 0 Å². The molecule has 0 amide bonds. The fraction of sp³-hybridized carbons (Fsp3) is 0.0500. The highest BCUT2D eigenvalue weighted by atomic mass is 79.9. The Morgan fingerprint density at radius 2 is 0.870 bits per heavy atom. The molecule has 0 spiro atoms. The van der Waals surface area contributed by atoms with Gasteiger partial charge in [0.15, 0.2) is 7.26 Å². The van der Waals surface area contributed by atoms with Gasteiger partial charge in [-0.25, -0.2) is 0 Å². The number of halogens is 1. The van der Waals surface area contributed by atoms with Crippen molar-refractivity contribution >= 4 is 45.7 Å². The van der Waals surface area contributed by atoms with E-state index in [9.17, 15) is 4.79 Å². The van der Waals surface area contributed by atoms with Crippen molar-refractivity contribution in [2.24, 2.45) is 0 Å². The van der Waals surface area contributed by atoms with Gasteiger partial charge in [0.25, 0.3) is 5.52 Å². The molecular weight excluding hydrogens is 367 g/mol. The van der Waals surface area contributed by atoms with E-state index in [-0.39, 0.29) is 22.5 Å². The molecule has 0 aliphatic carbocycles. The summed E-state index contributed by atoms with van der Waals surface area (Å²) in [5, 5.41) is 3.33. The molecule has 3 heteroatoms. The summed E-state index contributed by atoms with van der Waals surface area (Å²) >= 11 is 0. The van der Waals surface area contributed by atoms with Crippen molar-refractivity contribution in [3.63, 3.8) is 0 Å². The van der Waals surface area contributed by atoms with Gasteiger partial charge in [-0.3, -0.25) is 4.79 Å². The molecule has 3 aromatic rings. The maximum atomic E-state index is 12.9. The summed E-state index contributed by atoms with van der Waals surface area (Å²) in [5.41, 5.74) is 0.232. The van der Waals surface area contributed by atoms with Crippen molar-refractivity contribution in [3.8, 4) is 0 Å². The van der Waals surface area contributed by atoms with Crippen LogP contribution in [0.25, 0.3) is 0 Å². The molecule has 0 fully saturated rings. The lowest BCUT2D eigenvalue weighted by atomic mass is 10.4. The van der Waals surface area contributed by atoms with Crippen molar-refractivity contribution in [3.05, 3.63) is 91.0 Å². The van der Waals surface area contributed by atoms with Gasteiger partial charge >= 0.3 is 0 Å². The second kappa shape index (κ2) is 7.68. The summed E-state index contributed by atoms with van der Waals surface area (Å²) in [6.45, 7) is 1.72. The Morgan fingerprint density at radius 1 is 0.609 bits per heavy atom. The highest BCUT2D eigenvalue weighted by Crippen LogP contribution is 2.55. The zero-order valence-electron chi connectivity index (χ0n) is 12.9. The smallest absolute Gasteiger partial charge is 0.252 e. The zero-order valence-corrected chi connectivity index (χ0v) is 15.5. The number of benzene rings is 3. The van der Waals surface area contributed by atoms with Crippen molar-refractivity contribution in [1.82, 2.24) is 0 Å². The second-order valence-electron chi connectivity index (χ2n) is 5.20. The molecule has 0 bridgehead atoms. The first-order valence-electron chi connectivity index (χ1n) is 7.33.